The maximum absolute atomic E-state index is 12.7. The number of amides is 2. The minimum atomic E-state index is -1.05. The van der Waals surface area contributed by atoms with Gasteiger partial charge in [0.15, 0.2) is 5.78 Å². The molecule has 2 amide bonds. The van der Waals surface area contributed by atoms with E-state index in [9.17, 15) is 14.4 Å². The molecule has 8 nitrogen and oxygen atoms in total. The third-order valence-corrected chi connectivity index (χ3v) is 6.32. The number of carbonyl (C=O) groups excluding carboxylic acids is 3. The van der Waals surface area contributed by atoms with Crippen molar-refractivity contribution >= 4 is 51.2 Å². The average Bonchev–Trinajstić information content (AvgIpc) is 2.98. The summed E-state index contributed by atoms with van der Waals surface area (Å²) in [5.41, 5.74) is 18.6. The van der Waals surface area contributed by atoms with Gasteiger partial charge in [0.1, 0.15) is 11.0 Å². The van der Waals surface area contributed by atoms with Crippen LogP contribution in [0.2, 0.25) is 5.02 Å². The summed E-state index contributed by atoms with van der Waals surface area (Å²) in [6.07, 6.45) is 0.419. The summed E-state index contributed by atoms with van der Waals surface area (Å²) in [4.78, 5) is 40.0. The number of primary amides is 2. The predicted octanol–water partition coefficient (Wildman–Crippen LogP) is 1.61. The number of likely N-dealkylation sites (N-methyl/N-ethyl adjacent to an activating group) is 1. The molecular formula is C19H22ClN5O3S. The fourth-order valence-electron chi connectivity index (χ4n) is 3.40. The molecule has 3 rings (SSSR count). The van der Waals surface area contributed by atoms with Gasteiger partial charge in [-0.05, 0) is 31.2 Å². The van der Waals surface area contributed by atoms with E-state index >= 15 is 0 Å². The second-order valence-electron chi connectivity index (χ2n) is 6.99. The van der Waals surface area contributed by atoms with Gasteiger partial charge >= 0.3 is 0 Å². The second-order valence-corrected chi connectivity index (χ2v) is 8.50. The SMILES string of the molecule is CN1CCc2c(sc(N[C@@H](CC(=O)c3c(N)cccc3Cl)C(N)=O)c2C(N)=O)C1. The average molecular weight is 436 g/mol. The van der Waals surface area contributed by atoms with Crippen molar-refractivity contribution in [1.82, 2.24) is 4.90 Å². The van der Waals surface area contributed by atoms with Gasteiger partial charge in [0.05, 0.1) is 16.1 Å². The summed E-state index contributed by atoms with van der Waals surface area (Å²) < 4.78 is 0. The summed E-state index contributed by atoms with van der Waals surface area (Å²) in [7, 11) is 1.98. The van der Waals surface area contributed by atoms with Crippen molar-refractivity contribution in [3.63, 3.8) is 0 Å². The van der Waals surface area contributed by atoms with E-state index in [1.54, 1.807) is 18.2 Å². The first kappa shape index (κ1) is 21.1. The monoisotopic (exact) mass is 435 g/mol. The summed E-state index contributed by atoms with van der Waals surface area (Å²) in [6.45, 7) is 1.48. The lowest BCUT2D eigenvalue weighted by atomic mass is 10.0. The van der Waals surface area contributed by atoms with Crippen LogP contribution in [0.25, 0.3) is 0 Å². The van der Waals surface area contributed by atoms with E-state index in [-0.39, 0.29) is 22.7 Å². The van der Waals surface area contributed by atoms with Crippen LogP contribution in [0.15, 0.2) is 18.2 Å². The molecule has 0 saturated heterocycles. The number of ketones is 1. The fourth-order valence-corrected chi connectivity index (χ4v) is 5.07. The summed E-state index contributed by atoms with van der Waals surface area (Å²) in [6, 6.07) is 3.69. The zero-order valence-corrected chi connectivity index (χ0v) is 17.4. The van der Waals surface area contributed by atoms with Gasteiger partial charge in [-0.1, -0.05) is 17.7 Å². The zero-order valence-electron chi connectivity index (χ0n) is 15.8. The summed E-state index contributed by atoms with van der Waals surface area (Å²) in [5.74, 6) is -1.74. The highest BCUT2D eigenvalue weighted by Crippen LogP contribution is 2.37. The van der Waals surface area contributed by atoms with Crippen LogP contribution >= 0.6 is 22.9 Å². The molecule has 154 valence electrons. The number of carbonyl (C=O) groups is 3. The first-order chi connectivity index (χ1) is 13.7. The van der Waals surface area contributed by atoms with Gasteiger partial charge in [0.2, 0.25) is 5.91 Å². The third-order valence-electron chi connectivity index (χ3n) is 4.86. The van der Waals surface area contributed by atoms with Crippen molar-refractivity contribution in [3.8, 4) is 0 Å². The highest BCUT2D eigenvalue weighted by molar-refractivity contribution is 7.16. The molecule has 10 heteroatoms. The van der Waals surface area contributed by atoms with Gasteiger partial charge in [0, 0.05) is 30.1 Å². The lowest BCUT2D eigenvalue weighted by Crippen LogP contribution is -2.37. The number of nitrogens with one attached hydrogen (secondary N) is 1. The summed E-state index contributed by atoms with van der Waals surface area (Å²) in [5, 5.41) is 3.61. The van der Waals surface area contributed by atoms with E-state index in [0.717, 1.165) is 17.0 Å². The zero-order chi connectivity index (χ0) is 21.3. The molecular weight excluding hydrogens is 414 g/mol. The predicted molar refractivity (Wildman–Crippen MR) is 114 cm³/mol. The molecule has 1 aliphatic rings. The van der Waals surface area contributed by atoms with Gasteiger partial charge in [-0.3, -0.25) is 14.4 Å². The number of Topliss-reactive ketones (excluding diaryl/α,β-unsaturated/α-hetero) is 1. The van der Waals surface area contributed by atoms with E-state index in [1.165, 1.54) is 11.3 Å². The molecule has 1 aromatic carbocycles. The van der Waals surface area contributed by atoms with E-state index in [4.69, 9.17) is 28.8 Å². The number of fused-ring (bicyclic) bond motifs is 1. The molecule has 0 spiro atoms. The Morgan fingerprint density at radius 3 is 2.62 bits per heavy atom. The van der Waals surface area contributed by atoms with Crippen LogP contribution in [-0.4, -0.2) is 42.1 Å². The smallest absolute Gasteiger partial charge is 0.251 e. The van der Waals surface area contributed by atoms with Gasteiger partial charge in [-0.25, -0.2) is 0 Å². The van der Waals surface area contributed by atoms with Crippen molar-refractivity contribution in [2.24, 2.45) is 11.5 Å². The highest BCUT2D eigenvalue weighted by Gasteiger charge is 2.29. The van der Waals surface area contributed by atoms with Crippen molar-refractivity contribution in [2.75, 3.05) is 24.6 Å². The van der Waals surface area contributed by atoms with Gasteiger partial charge in [-0.2, -0.15) is 0 Å². The molecule has 0 unspecified atom stereocenters. The van der Waals surface area contributed by atoms with E-state index in [0.29, 0.717) is 23.5 Å². The quantitative estimate of drug-likeness (QED) is 0.384. The number of hydrogen-bond donors (Lipinski definition) is 4. The molecule has 0 radical (unpaired) electrons. The molecule has 1 atom stereocenters. The normalized spacial score (nSPS) is 14.8. The van der Waals surface area contributed by atoms with Crippen LogP contribution in [0.5, 0.6) is 0 Å². The molecule has 0 aliphatic carbocycles. The van der Waals surface area contributed by atoms with Crippen molar-refractivity contribution in [2.45, 2.75) is 25.4 Å². The topological polar surface area (TPSA) is 145 Å². The minimum Gasteiger partial charge on any atom is -0.398 e. The fraction of sp³-hybridized carbons (Fsp3) is 0.316. The molecule has 0 saturated carbocycles. The number of benzene rings is 1. The number of anilines is 2. The molecule has 1 aliphatic heterocycles. The van der Waals surface area contributed by atoms with Gasteiger partial charge in [0.25, 0.3) is 5.91 Å². The lowest BCUT2D eigenvalue weighted by molar-refractivity contribution is -0.118. The number of nitrogens with two attached hydrogens (primary N) is 3. The number of hydrogen-bond acceptors (Lipinski definition) is 7. The Morgan fingerprint density at radius 1 is 1.28 bits per heavy atom. The Balaban J connectivity index is 1.89. The maximum Gasteiger partial charge on any atom is 0.251 e. The summed E-state index contributed by atoms with van der Waals surface area (Å²) >= 11 is 7.44. The van der Waals surface area contributed by atoms with E-state index in [2.05, 4.69) is 10.2 Å². The number of nitrogen functional groups attached to an aromatic ring is 1. The first-order valence-electron chi connectivity index (χ1n) is 8.95. The number of thiophene rings is 1. The Kier molecular flexibility index (Phi) is 6.11. The van der Waals surface area contributed by atoms with E-state index in [1.807, 2.05) is 7.05 Å². The van der Waals surface area contributed by atoms with Crippen LogP contribution in [0, 0.1) is 0 Å². The molecule has 1 aromatic heterocycles. The van der Waals surface area contributed by atoms with E-state index < -0.39 is 23.6 Å². The highest BCUT2D eigenvalue weighted by atomic mass is 35.5. The lowest BCUT2D eigenvalue weighted by Gasteiger charge is -2.22. The van der Waals surface area contributed by atoms with Gasteiger partial charge < -0.3 is 27.4 Å². The van der Waals surface area contributed by atoms with Crippen molar-refractivity contribution < 1.29 is 14.4 Å². The van der Waals surface area contributed by atoms with Crippen LogP contribution in [0.4, 0.5) is 10.7 Å². The molecule has 0 bridgehead atoms. The van der Waals surface area contributed by atoms with Crippen molar-refractivity contribution in [3.05, 3.63) is 44.8 Å². The van der Waals surface area contributed by atoms with Crippen LogP contribution < -0.4 is 22.5 Å². The Hall–Kier alpha value is -2.62. The number of halogens is 1. The molecule has 7 N–H and O–H groups in total. The largest absolute Gasteiger partial charge is 0.398 e. The second kappa shape index (κ2) is 8.40. The number of rotatable bonds is 7. The van der Waals surface area contributed by atoms with Crippen LogP contribution in [0.1, 0.15) is 37.6 Å². The van der Waals surface area contributed by atoms with Crippen molar-refractivity contribution in [1.29, 1.82) is 0 Å². The van der Waals surface area contributed by atoms with Crippen LogP contribution in [0.3, 0.4) is 0 Å². The molecule has 2 heterocycles. The molecule has 0 fully saturated rings. The molecule has 2 aromatic rings. The van der Waals surface area contributed by atoms with Crippen LogP contribution in [-0.2, 0) is 17.8 Å². The maximum atomic E-state index is 12.7. The third kappa shape index (κ3) is 4.36. The minimum absolute atomic E-state index is 0.143. The standard InChI is InChI=1S/C19H22ClN5O3S/c1-25-6-5-9-14(8-25)29-19(15(9)18(23)28)24-12(17(22)27)7-13(26)16-10(20)3-2-4-11(16)21/h2-4,12,24H,5-8,21H2,1H3,(H2,22,27)(H2,23,28)/t12-/m0/s1. The molecule has 29 heavy (non-hydrogen) atoms. The Morgan fingerprint density at radius 2 is 2.00 bits per heavy atom. The van der Waals surface area contributed by atoms with Gasteiger partial charge in [-0.15, -0.1) is 11.3 Å². The Bertz CT molecular complexity index is 970. The number of nitrogens with zero attached hydrogens (tertiary/aromatic N) is 1. The first-order valence-corrected chi connectivity index (χ1v) is 10.1. The Labute approximate surface area is 177 Å².